The first-order chi connectivity index (χ1) is 7.83. The molecule has 0 radical (unpaired) electrons. The molecule has 1 heterocycles. The molecule has 96 valence electrons. The van der Waals surface area contributed by atoms with E-state index in [1.807, 2.05) is 0 Å². The van der Waals surface area contributed by atoms with Gasteiger partial charge in [0, 0.05) is 6.26 Å². The van der Waals surface area contributed by atoms with Crippen molar-refractivity contribution in [1.82, 2.24) is 10.1 Å². The Kier molecular flexibility index (Phi) is 4.22. The molecule has 1 atom stereocenters. The average molecular weight is 262 g/mol. The van der Waals surface area contributed by atoms with Crippen molar-refractivity contribution in [2.45, 2.75) is 25.5 Å². The summed E-state index contributed by atoms with van der Waals surface area (Å²) in [4.78, 5) is 15.2. The maximum absolute atomic E-state index is 11.4. The van der Waals surface area contributed by atoms with Crippen molar-refractivity contribution in [3.8, 4) is 0 Å². The van der Waals surface area contributed by atoms with Gasteiger partial charge in [-0.2, -0.15) is 4.98 Å². The van der Waals surface area contributed by atoms with E-state index < -0.39 is 21.7 Å². The summed E-state index contributed by atoms with van der Waals surface area (Å²) in [5, 5.41) is 3.49. The van der Waals surface area contributed by atoms with Crippen LogP contribution in [0.1, 0.15) is 31.5 Å². The van der Waals surface area contributed by atoms with Crippen molar-refractivity contribution in [1.29, 1.82) is 0 Å². The number of esters is 1. The maximum Gasteiger partial charge on any atom is 0.318 e. The van der Waals surface area contributed by atoms with Crippen molar-refractivity contribution < 1.29 is 22.5 Å². The van der Waals surface area contributed by atoms with Crippen LogP contribution in [0.25, 0.3) is 0 Å². The summed E-state index contributed by atoms with van der Waals surface area (Å²) in [5.41, 5.74) is 0. The number of nitrogens with zero attached hydrogens (tertiary/aromatic N) is 2. The number of carbonyl (C=O) groups is 1. The van der Waals surface area contributed by atoms with Crippen molar-refractivity contribution >= 4 is 15.8 Å². The second-order valence-corrected chi connectivity index (χ2v) is 5.73. The third kappa shape index (κ3) is 4.14. The number of aromatic nitrogens is 2. The number of hydrogen-bond acceptors (Lipinski definition) is 7. The third-order valence-corrected chi connectivity index (χ3v) is 2.67. The van der Waals surface area contributed by atoms with Gasteiger partial charge < -0.3 is 9.26 Å². The van der Waals surface area contributed by atoms with Gasteiger partial charge in [0.15, 0.2) is 15.7 Å². The predicted molar refractivity (Wildman–Crippen MR) is 57.9 cm³/mol. The highest BCUT2D eigenvalue weighted by atomic mass is 32.2. The molecule has 1 rings (SSSR count). The fraction of sp³-hybridized carbons (Fsp3) is 0.667. The molecule has 0 aliphatic heterocycles. The number of ether oxygens (including phenoxy) is 1. The second kappa shape index (κ2) is 5.26. The minimum Gasteiger partial charge on any atom is -0.465 e. The van der Waals surface area contributed by atoms with Crippen LogP contribution in [0.3, 0.4) is 0 Å². The Morgan fingerprint density at radius 1 is 1.53 bits per heavy atom. The fourth-order valence-corrected chi connectivity index (χ4v) is 1.69. The van der Waals surface area contributed by atoms with Crippen LogP contribution in [0.15, 0.2) is 4.52 Å². The Morgan fingerprint density at radius 2 is 2.18 bits per heavy atom. The van der Waals surface area contributed by atoms with Gasteiger partial charge in [-0.1, -0.05) is 5.16 Å². The molecule has 0 N–H and O–H groups in total. The van der Waals surface area contributed by atoms with Crippen LogP contribution >= 0.6 is 0 Å². The molecule has 1 aromatic rings. The standard InChI is InChI=1S/C9H14N2O5S/c1-4-15-9(12)6(2)8-10-7(11-16-8)5-17(3,13)14/h6H,4-5H2,1-3H3. The molecule has 1 unspecified atom stereocenters. The zero-order valence-corrected chi connectivity index (χ0v) is 10.7. The molecule has 0 amide bonds. The minimum atomic E-state index is -3.22. The summed E-state index contributed by atoms with van der Waals surface area (Å²) in [6.07, 6.45) is 1.07. The molecule has 0 bridgehead atoms. The first-order valence-corrected chi connectivity index (χ1v) is 7.06. The van der Waals surface area contributed by atoms with Gasteiger partial charge in [0.2, 0.25) is 5.89 Å². The van der Waals surface area contributed by atoms with Crippen molar-refractivity contribution in [3.05, 3.63) is 11.7 Å². The molecule has 1 aromatic heterocycles. The lowest BCUT2D eigenvalue weighted by Crippen LogP contribution is -2.13. The zero-order chi connectivity index (χ0) is 13.1. The lowest BCUT2D eigenvalue weighted by atomic mass is 10.2. The van der Waals surface area contributed by atoms with Crippen LogP contribution in [-0.4, -0.2) is 37.4 Å². The molecule has 8 heteroatoms. The van der Waals surface area contributed by atoms with E-state index >= 15 is 0 Å². The normalized spacial score (nSPS) is 13.4. The highest BCUT2D eigenvalue weighted by Crippen LogP contribution is 2.15. The maximum atomic E-state index is 11.4. The van der Waals surface area contributed by atoms with Crippen LogP contribution < -0.4 is 0 Å². The van der Waals surface area contributed by atoms with E-state index in [4.69, 9.17) is 9.26 Å². The SMILES string of the molecule is CCOC(=O)C(C)c1nc(CS(C)(=O)=O)no1. The van der Waals surface area contributed by atoms with Gasteiger partial charge >= 0.3 is 5.97 Å². The summed E-state index contributed by atoms with van der Waals surface area (Å²) in [6.45, 7) is 3.50. The van der Waals surface area contributed by atoms with Crippen molar-refractivity contribution in [3.63, 3.8) is 0 Å². The third-order valence-electron chi connectivity index (χ3n) is 1.89. The zero-order valence-electron chi connectivity index (χ0n) is 9.84. The van der Waals surface area contributed by atoms with Crippen LogP contribution in [0, 0.1) is 0 Å². The fourth-order valence-electron chi connectivity index (χ4n) is 1.10. The van der Waals surface area contributed by atoms with Crippen LogP contribution in [-0.2, 0) is 25.1 Å². The van der Waals surface area contributed by atoms with Gasteiger partial charge in [-0.05, 0) is 13.8 Å². The summed E-state index contributed by atoms with van der Waals surface area (Å²) >= 11 is 0. The van der Waals surface area contributed by atoms with Gasteiger partial charge in [0.1, 0.15) is 11.7 Å². The second-order valence-electron chi connectivity index (χ2n) is 3.59. The first-order valence-electron chi connectivity index (χ1n) is 5.00. The summed E-state index contributed by atoms with van der Waals surface area (Å²) < 4.78 is 31.6. The Morgan fingerprint density at radius 3 is 2.71 bits per heavy atom. The summed E-state index contributed by atoms with van der Waals surface area (Å²) in [7, 11) is -3.22. The Hall–Kier alpha value is -1.44. The number of sulfone groups is 1. The van der Waals surface area contributed by atoms with E-state index in [1.54, 1.807) is 13.8 Å². The van der Waals surface area contributed by atoms with E-state index in [0.29, 0.717) is 0 Å². The van der Waals surface area contributed by atoms with Gasteiger partial charge in [-0.3, -0.25) is 4.79 Å². The van der Waals surface area contributed by atoms with Crippen molar-refractivity contribution in [2.24, 2.45) is 0 Å². The number of hydrogen-bond donors (Lipinski definition) is 0. The van der Waals surface area contributed by atoms with E-state index in [9.17, 15) is 13.2 Å². The van der Waals surface area contributed by atoms with Gasteiger partial charge in [0.25, 0.3) is 0 Å². The van der Waals surface area contributed by atoms with E-state index in [2.05, 4.69) is 10.1 Å². The van der Waals surface area contributed by atoms with Crippen LogP contribution in [0.2, 0.25) is 0 Å². The molecule has 7 nitrogen and oxygen atoms in total. The van der Waals surface area contributed by atoms with Crippen LogP contribution in [0.5, 0.6) is 0 Å². The molecule has 0 saturated carbocycles. The molecule has 0 spiro atoms. The molecule has 0 aliphatic carbocycles. The Labute approximate surface area is 99.1 Å². The van der Waals surface area contributed by atoms with E-state index in [-0.39, 0.29) is 24.1 Å². The first kappa shape index (κ1) is 13.6. The smallest absolute Gasteiger partial charge is 0.318 e. The molecular formula is C9H14N2O5S. The molecule has 0 aliphatic rings. The van der Waals surface area contributed by atoms with Crippen LogP contribution in [0.4, 0.5) is 0 Å². The van der Waals surface area contributed by atoms with E-state index in [0.717, 1.165) is 6.26 Å². The average Bonchev–Trinajstić information content (AvgIpc) is 2.62. The van der Waals surface area contributed by atoms with Crippen molar-refractivity contribution in [2.75, 3.05) is 12.9 Å². The minimum absolute atomic E-state index is 0.0404. The quantitative estimate of drug-likeness (QED) is 0.702. The molecule has 0 saturated heterocycles. The molecular weight excluding hydrogens is 248 g/mol. The van der Waals surface area contributed by atoms with E-state index in [1.165, 1.54) is 0 Å². The lowest BCUT2D eigenvalue weighted by molar-refractivity contribution is -0.145. The molecule has 17 heavy (non-hydrogen) atoms. The lowest BCUT2D eigenvalue weighted by Gasteiger charge is -2.04. The largest absolute Gasteiger partial charge is 0.465 e. The van der Waals surface area contributed by atoms with Gasteiger partial charge in [-0.25, -0.2) is 8.42 Å². The van der Waals surface area contributed by atoms with Gasteiger partial charge in [0.05, 0.1) is 6.61 Å². The highest BCUT2D eigenvalue weighted by Gasteiger charge is 2.23. The number of rotatable bonds is 5. The summed E-state index contributed by atoms with van der Waals surface area (Å²) in [6, 6.07) is 0. The Balaban J connectivity index is 2.77. The number of carbonyl (C=O) groups excluding carboxylic acids is 1. The Bertz CT molecular complexity index is 493. The highest BCUT2D eigenvalue weighted by molar-refractivity contribution is 7.89. The monoisotopic (exact) mass is 262 g/mol. The predicted octanol–water partition coefficient (Wildman–Crippen LogP) is 0.281. The molecule has 0 aromatic carbocycles. The molecule has 0 fully saturated rings. The topological polar surface area (TPSA) is 99.4 Å². The van der Waals surface area contributed by atoms with Gasteiger partial charge in [-0.15, -0.1) is 0 Å². The summed E-state index contributed by atoms with van der Waals surface area (Å²) in [5.74, 6) is -1.40.